The molecule has 0 saturated carbocycles. The lowest BCUT2D eigenvalue weighted by molar-refractivity contribution is 0.0637. The molecule has 29 heavy (non-hydrogen) atoms. The Morgan fingerprint density at radius 2 is 1.48 bits per heavy atom. The van der Waals surface area contributed by atoms with Gasteiger partial charge in [-0.2, -0.15) is 0 Å². The number of nitrogens with zero attached hydrogens (tertiary/aromatic N) is 3. The van der Waals surface area contributed by atoms with E-state index >= 15 is 0 Å². The summed E-state index contributed by atoms with van der Waals surface area (Å²) in [6.45, 7) is 10.4. The summed E-state index contributed by atoms with van der Waals surface area (Å²) in [6, 6.07) is 11.1. The van der Waals surface area contributed by atoms with E-state index in [4.69, 9.17) is 0 Å². The third kappa shape index (κ3) is 4.82. The van der Waals surface area contributed by atoms with Gasteiger partial charge in [-0.3, -0.25) is 9.59 Å². The van der Waals surface area contributed by atoms with Gasteiger partial charge in [-0.15, -0.1) is 0 Å². The number of hydrogen-bond donors (Lipinski definition) is 1. The maximum atomic E-state index is 12.9. The van der Waals surface area contributed by atoms with Crippen LogP contribution in [-0.4, -0.2) is 59.3 Å². The van der Waals surface area contributed by atoms with Gasteiger partial charge in [-0.05, 0) is 42.6 Å². The Balaban J connectivity index is 1.76. The Labute approximate surface area is 172 Å². The fourth-order valence-electron chi connectivity index (χ4n) is 3.69. The number of rotatable bonds is 6. The van der Waals surface area contributed by atoms with Crippen molar-refractivity contribution < 1.29 is 9.59 Å². The first kappa shape index (κ1) is 21.0. The van der Waals surface area contributed by atoms with E-state index in [9.17, 15) is 9.59 Å². The van der Waals surface area contributed by atoms with Crippen molar-refractivity contribution in [1.82, 2.24) is 14.8 Å². The second-order valence-corrected chi connectivity index (χ2v) is 7.25. The molecule has 6 nitrogen and oxygen atoms in total. The summed E-state index contributed by atoms with van der Waals surface area (Å²) >= 11 is 0. The Morgan fingerprint density at radius 3 is 2.07 bits per heavy atom. The molecule has 2 heterocycles. The molecule has 0 aliphatic carbocycles. The smallest absolute Gasteiger partial charge is 0.274 e. The summed E-state index contributed by atoms with van der Waals surface area (Å²) in [5, 5.41) is 3.02. The molecular formula is C23H30N4O2. The molecule has 2 aromatic rings. The molecule has 0 radical (unpaired) electrons. The van der Waals surface area contributed by atoms with Crippen LogP contribution in [-0.2, 0) is 12.8 Å². The lowest BCUT2D eigenvalue weighted by Crippen LogP contribution is -2.48. The van der Waals surface area contributed by atoms with Crippen molar-refractivity contribution in [3.63, 3.8) is 0 Å². The summed E-state index contributed by atoms with van der Waals surface area (Å²) in [7, 11) is 0. The zero-order chi connectivity index (χ0) is 20.8. The van der Waals surface area contributed by atoms with Gasteiger partial charge in [-0.25, -0.2) is 4.98 Å². The number of piperazine rings is 1. The molecule has 1 aliphatic heterocycles. The maximum Gasteiger partial charge on any atom is 0.274 e. The number of para-hydroxylation sites is 1. The third-order valence-corrected chi connectivity index (χ3v) is 5.54. The molecule has 1 aromatic heterocycles. The average Bonchev–Trinajstić information content (AvgIpc) is 2.78. The van der Waals surface area contributed by atoms with Crippen molar-refractivity contribution in [3.8, 4) is 0 Å². The monoisotopic (exact) mass is 394 g/mol. The molecule has 0 atom stereocenters. The number of likely N-dealkylation sites (N-methyl/N-ethyl adjacent to an activating group) is 1. The summed E-state index contributed by atoms with van der Waals surface area (Å²) in [5.41, 5.74) is 3.63. The zero-order valence-corrected chi connectivity index (χ0v) is 17.6. The fraction of sp³-hybridized carbons (Fsp3) is 0.435. The normalized spacial score (nSPS) is 14.7. The number of aromatic nitrogens is 1. The molecule has 6 heteroatoms. The fourth-order valence-corrected chi connectivity index (χ4v) is 3.69. The van der Waals surface area contributed by atoms with Gasteiger partial charge >= 0.3 is 0 Å². The predicted molar refractivity (Wildman–Crippen MR) is 115 cm³/mol. The summed E-state index contributed by atoms with van der Waals surface area (Å²) in [4.78, 5) is 34.2. The molecule has 154 valence electrons. The van der Waals surface area contributed by atoms with Crippen LogP contribution in [0.15, 0.2) is 36.4 Å². The van der Waals surface area contributed by atoms with E-state index in [1.54, 1.807) is 18.2 Å². The quantitative estimate of drug-likeness (QED) is 0.817. The van der Waals surface area contributed by atoms with Crippen LogP contribution in [0.25, 0.3) is 0 Å². The molecule has 1 aromatic carbocycles. The Hall–Kier alpha value is -2.73. The largest absolute Gasteiger partial charge is 0.335 e. The van der Waals surface area contributed by atoms with Crippen LogP contribution in [0.2, 0.25) is 0 Å². The van der Waals surface area contributed by atoms with Crippen molar-refractivity contribution in [2.75, 3.05) is 38.0 Å². The van der Waals surface area contributed by atoms with Crippen molar-refractivity contribution in [3.05, 3.63) is 58.9 Å². The minimum absolute atomic E-state index is 0.112. The topological polar surface area (TPSA) is 65.5 Å². The Bertz CT molecular complexity index is 851. The van der Waals surface area contributed by atoms with E-state index in [1.165, 1.54) is 0 Å². The highest BCUT2D eigenvalue weighted by atomic mass is 16.2. The molecule has 1 aliphatic rings. The number of carbonyl (C=O) groups is 2. The van der Waals surface area contributed by atoms with Gasteiger partial charge in [0.1, 0.15) is 11.4 Å². The molecule has 0 spiro atoms. The molecular weight excluding hydrogens is 364 g/mol. The second kappa shape index (κ2) is 9.65. The van der Waals surface area contributed by atoms with Crippen LogP contribution in [0, 0.1) is 0 Å². The van der Waals surface area contributed by atoms with Crippen molar-refractivity contribution in [2.24, 2.45) is 0 Å². The molecule has 0 unspecified atom stereocenters. The van der Waals surface area contributed by atoms with E-state index in [0.29, 0.717) is 18.8 Å². The number of aryl methyl sites for hydroxylation is 2. The van der Waals surface area contributed by atoms with Crippen LogP contribution in [0.5, 0.6) is 0 Å². The van der Waals surface area contributed by atoms with E-state index in [0.717, 1.165) is 49.3 Å². The Kier molecular flexibility index (Phi) is 6.99. The molecule has 3 rings (SSSR count). The van der Waals surface area contributed by atoms with Gasteiger partial charge in [0.05, 0.1) is 0 Å². The number of hydrogen-bond acceptors (Lipinski definition) is 4. The van der Waals surface area contributed by atoms with Gasteiger partial charge in [0.15, 0.2) is 0 Å². The first-order valence-corrected chi connectivity index (χ1v) is 10.5. The van der Waals surface area contributed by atoms with Gasteiger partial charge in [0.25, 0.3) is 11.8 Å². The van der Waals surface area contributed by atoms with Crippen LogP contribution in [0.4, 0.5) is 5.69 Å². The minimum atomic E-state index is -0.286. The van der Waals surface area contributed by atoms with E-state index in [2.05, 4.69) is 36.0 Å². The van der Waals surface area contributed by atoms with Gasteiger partial charge < -0.3 is 15.1 Å². The number of carbonyl (C=O) groups excluding carboxylic acids is 2. The second-order valence-electron chi connectivity index (χ2n) is 7.25. The van der Waals surface area contributed by atoms with Crippen LogP contribution in [0.1, 0.15) is 52.9 Å². The zero-order valence-electron chi connectivity index (χ0n) is 17.6. The average molecular weight is 395 g/mol. The first-order valence-electron chi connectivity index (χ1n) is 10.5. The first-order chi connectivity index (χ1) is 14.1. The highest BCUT2D eigenvalue weighted by molar-refractivity contribution is 6.04. The number of nitrogens with one attached hydrogen (secondary N) is 1. The standard InChI is InChI=1S/C23H30N4O2/c1-4-17-9-7-10-18(5-2)21(17)25-22(28)19-11-8-12-20(24-19)23(29)27-15-13-26(6-3)14-16-27/h7-12H,4-6,13-16H2,1-3H3,(H,25,28). The maximum absolute atomic E-state index is 12.9. The van der Waals surface area contributed by atoms with Crippen molar-refractivity contribution in [1.29, 1.82) is 0 Å². The van der Waals surface area contributed by atoms with Crippen molar-refractivity contribution >= 4 is 17.5 Å². The van der Waals surface area contributed by atoms with Crippen LogP contribution in [0.3, 0.4) is 0 Å². The highest BCUT2D eigenvalue weighted by Crippen LogP contribution is 2.23. The number of amides is 2. The molecule has 2 amide bonds. The minimum Gasteiger partial charge on any atom is -0.335 e. The molecule has 1 saturated heterocycles. The summed E-state index contributed by atoms with van der Waals surface area (Å²) < 4.78 is 0. The van der Waals surface area contributed by atoms with E-state index in [1.807, 2.05) is 23.1 Å². The highest BCUT2D eigenvalue weighted by Gasteiger charge is 2.23. The van der Waals surface area contributed by atoms with Gasteiger partial charge in [0.2, 0.25) is 0 Å². The third-order valence-electron chi connectivity index (χ3n) is 5.54. The van der Waals surface area contributed by atoms with Crippen LogP contribution < -0.4 is 5.32 Å². The number of pyridine rings is 1. The number of benzene rings is 1. The molecule has 1 N–H and O–H groups in total. The number of anilines is 1. The molecule has 0 bridgehead atoms. The van der Waals surface area contributed by atoms with Crippen LogP contribution >= 0.6 is 0 Å². The summed E-state index contributed by atoms with van der Waals surface area (Å²) in [6.07, 6.45) is 1.66. The SMILES string of the molecule is CCc1cccc(CC)c1NC(=O)c1cccc(C(=O)N2CCN(CC)CC2)n1. The lowest BCUT2D eigenvalue weighted by atomic mass is 10.0. The predicted octanol–water partition coefficient (Wildman–Crippen LogP) is 3.24. The lowest BCUT2D eigenvalue weighted by Gasteiger charge is -2.33. The van der Waals surface area contributed by atoms with Gasteiger partial charge in [0, 0.05) is 31.9 Å². The van der Waals surface area contributed by atoms with E-state index in [-0.39, 0.29) is 17.5 Å². The van der Waals surface area contributed by atoms with Gasteiger partial charge in [-0.1, -0.05) is 45.0 Å². The van der Waals surface area contributed by atoms with E-state index < -0.39 is 0 Å². The Morgan fingerprint density at radius 1 is 0.897 bits per heavy atom. The van der Waals surface area contributed by atoms with Crippen molar-refractivity contribution in [2.45, 2.75) is 33.6 Å². The summed E-state index contributed by atoms with van der Waals surface area (Å²) in [5.74, 6) is -0.398. The molecule has 1 fully saturated rings.